The Morgan fingerprint density at radius 1 is 1.20 bits per heavy atom. The van der Waals surface area contributed by atoms with Crippen LogP contribution in [0.2, 0.25) is 0 Å². The van der Waals surface area contributed by atoms with E-state index in [4.69, 9.17) is 12.2 Å². The second kappa shape index (κ2) is 4.51. The summed E-state index contributed by atoms with van der Waals surface area (Å²) < 4.78 is 4.94. The predicted molar refractivity (Wildman–Crippen MR) is 89.3 cm³/mol. The summed E-state index contributed by atoms with van der Waals surface area (Å²) in [6.07, 6.45) is 0. The number of hydrogen-bond acceptors (Lipinski definition) is 3. The molecule has 0 saturated heterocycles. The van der Waals surface area contributed by atoms with E-state index in [0.717, 1.165) is 31.4 Å². The normalized spacial score (nSPS) is 11.4. The van der Waals surface area contributed by atoms with E-state index in [1.54, 1.807) is 11.3 Å². The molecule has 2 aromatic heterocycles. The number of fused-ring (bicyclic) bond motifs is 2. The van der Waals surface area contributed by atoms with Gasteiger partial charge in [0.1, 0.15) is 0 Å². The molecule has 98 valence electrons. The molecule has 4 aromatic rings. The molecule has 0 saturated carbocycles. The topological polar surface area (TPSA) is 33.6 Å². The number of halogens is 1. The highest BCUT2D eigenvalue weighted by molar-refractivity contribution is 9.10. The van der Waals surface area contributed by atoms with Gasteiger partial charge in [0.15, 0.2) is 4.77 Å². The van der Waals surface area contributed by atoms with Crippen molar-refractivity contribution in [1.82, 2.24) is 14.5 Å². The third-order valence-corrected chi connectivity index (χ3v) is 4.79. The van der Waals surface area contributed by atoms with Crippen LogP contribution in [0.3, 0.4) is 0 Å². The standard InChI is InChI=1S/C14H8BrN3S2/c15-8-1-4-12-11(5-8)17-14(19)18(12)9-2-3-10-13(6-9)20-7-16-10/h1-7H,(H,17,19). The van der Waals surface area contributed by atoms with Gasteiger partial charge in [-0.1, -0.05) is 15.9 Å². The van der Waals surface area contributed by atoms with E-state index in [9.17, 15) is 0 Å². The van der Waals surface area contributed by atoms with Crippen molar-refractivity contribution in [1.29, 1.82) is 0 Å². The van der Waals surface area contributed by atoms with Crippen LogP contribution < -0.4 is 0 Å². The number of hydrogen-bond donors (Lipinski definition) is 1. The van der Waals surface area contributed by atoms with E-state index >= 15 is 0 Å². The smallest absolute Gasteiger partial charge is 0.182 e. The van der Waals surface area contributed by atoms with Crippen LogP contribution in [0.25, 0.3) is 26.9 Å². The molecule has 0 unspecified atom stereocenters. The highest BCUT2D eigenvalue weighted by Gasteiger charge is 2.08. The van der Waals surface area contributed by atoms with Gasteiger partial charge in [0, 0.05) is 10.2 Å². The van der Waals surface area contributed by atoms with Gasteiger partial charge >= 0.3 is 0 Å². The molecule has 0 aliphatic carbocycles. The molecule has 1 N–H and O–H groups in total. The molecule has 4 rings (SSSR count). The summed E-state index contributed by atoms with van der Waals surface area (Å²) in [7, 11) is 0. The van der Waals surface area contributed by atoms with E-state index in [1.165, 1.54) is 0 Å². The number of H-pyrrole nitrogens is 1. The Labute approximate surface area is 132 Å². The van der Waals surface area contributed by atoms with E-state index in [0.29, 0.717) is 4.77 Å². The Hall–Kier alpha value is -1.50. The van der Waals surface area contributed by atoms with Crippen LogP contribution in [0.15, 0.2) is 46.4 Å². The number of imidazole rings is 1. The number of nitrogens with zero attached hydrogens (tertiary/aromatic N) is 2. The Morgan fingerprint density at radius 2 is 2.10 bits per heavy atom. The minimum absolute atomic E-state index is 0.696. The lowest BCUT2D eigenvalue weighted by Crippen LogP contribution is -1.93. The van der Waals surface area contributed by atoms with Gasteiger partial charge < -0.3 is 4.98 Å². The zero-order valence-electron chi connectivity index (χ0n) is 10.1. The highest BCUT2D eigenvalue weighted by atomic mass is 79.9. The van der Waals surface area contributed by atoms with Crippen LogP contribution in [0.5, 0.6) is 0 Å². The largest absolute Gasteiger partial charge is 0.330 e. The van der Waals surface area contributed by atoms with E-state index < -0.39 is 0 Å². The number of rotatable bonds is 1. The summed E-state index contributed by atoms with van der Waals surface area (Å²) in [6.45, 7) is 0. The second-order valence-electron chi connectivity index (χ2n) is 4.43. The summed E-state index contributed by atoms with van der Waals surface area (Å²) in [5.41, 5.74) is 6.03. The molecular weight excluding hydrogens is 354 g/mol. The highest BCUT2D eigenvalue weighted by Crippen LogP contribution is 2.26. The molecule has 0 fully saturated rings. The zero-order valence-corrected chi connectivity index (χ0v) is 13.3. The van der Waals surface area contributed by atoms with Gasteiger partial charge in [-0.05, 0) is 48.6 Å². The van der Waals surface area contributed by atoms with Gasteiger partial charge in [-0.3, -0.25) is 4.57 Å². The fourth-order valence-corrected chi connectivity index (χ4v) is 3.71. The van der Waals surface area contributed by atoms with Crippen molar-refractivity contribution in [3.05, 3.63) is 51.2 Å². The van der Waals surface area contributed by atoms with Crippen LogP contribution in [-0.4, -0.2) is 14.5 Å². The molecule has 2 heterocycles. The molecule has 20 heavy (non-hydrogen) atoms. The Kier molecular flexibility index (Phi) is 2.76. The van der Waals surface area contributed by atoms with Crippen LogP contribution in [0.4, 0.5) is 0 Å². The molecule has 0 aliphatic heterocycles. The second-order valence-corrected chi connectivity index (χ2v) is 6.62. The van der Waals surface area contributed by atoms with Crippen molar-refractivity contribution in [3.8, 4) is 5.69 Å². The molecule has 0 aliphatic rings. The van der Waals surface area contributed by atoms with Crippen molar-refractivity contribution in [2.24, 2.45) is 0 Å². The van der Waals surface area contributed by atoms with Crippen LogP contribution >= 0.6 is 39.5 Å². The van der Waals surface area contributed by atoms with Gasteiger partial charge in [-0.25, -0.2) is 4.98 Å². The van der Waals surface area contributed by atoms with Gasteiger partial charge in [0.25, 0.3) is 0 Å². The third-order valence-electron chi connectivity index (χ3n) is 3.22. The lowest BCUT2D eigenvalue weighted by atomic mass is 10.2. The summed E-state index contributed by atoms with van der Waals surface area (Å²) in [5.74, 6) is 0. The molecule has 0 spiro atoms. The minimum Gasteiger partial charge on any atom is -0.330 e. The van der Waals surface area contributed by atoms with Crippen molar-refractivity contribution < 1.29 is 0 Å². The van der Waals surface area contributed by atoms with Gasteiger partial charge in [0.2, 0.25) is 0 Å². The average Bonchev–Trinajstić information content (AvgIpc) is 3.00. The van der Waals surface area contributed by atoms with Crippen molar-refractivity contribution in [2.45, 2.75) is 0 Å². The van der Waals surface area contributed by atoms with E-state index in [-0.39, 0.29) is 0 Å². The Morgan fingerprint density at radius 3 is 3.00 bits per heavy atom. The maximum absolute atomic E-state index is 5.46. The Bertz CT molecular complexity index is 996. The van der Waals surface area contributed by atoms with Crippen LogP contribution in [-0.2, 0) is 0 Å². The fourth-order valence-electron chi connectivity index (χ4n) is 2.32. The first-order chi connectivity index (χ1) is 9.72. The van der Waals surface area contributed by atoms with E-state index in [1.807, 2.05) is 29.8 Å². The molecule has 0 amide bonds. The summed E-state index contributed by atoms with van der Waals surface area (Å²) in [5, 5.41) is 0. The SMILES string of the molecule is S=c1[nH]c2cc(Br)ccc2n1-c1ccc2ncsc2c1. The van der Waals surface area contributed by atoms with Gasteiger partial charge in [-0.15, -0.1) is 11.3 Å². The molecule has 0 radical (unpaired) electrons. The molecule has 2 aromatic carbocycles. The quantitative estimate of drug-likeness (QED) is 0.480. The molecule has 0 atom stereocenters. The zero-order chi connectivity index (χ0) is 13.7. The third kappa shape index (κ3) is 1.83. The van der Waals surface area contributed by atoms with Gasteiger partial charge in [-0.2, -0.15) is 0 Å². The number of aromatic amines is 1. The van der Waals surface area contributed by atoms with Crippen molar-refractivity contribution in [2.75, 3.05) is 0 Å². The number of thiazole rings is 1. The summed E-state index contributed by atoms with van der Waals surface area (Å²) in [6, 6.07) is 12.3. The van der Waals surface area contributed by atoms with E-state index in [2.05, 4.69) is 42.6 Å². The monoisotopic (exact) mass is 361 g/mol. The van der Waals surface area contributed by atoms with Crippen LogP contribution in [0.1, 0.15) is 0 Å². The van der Waals surface area contributed by atoms with Gasteiger partial charge in [0.05, 0.1) is 26.8 Å². The summed E-state index contributed by atoms with van der Waals surface area (Å²) >= 11 is 10.6. The molecule has 3 nitrogen and oxygen atoms in total. The number of aromatic nitrogens is 3. The fraction of sp³-hybridized carbons (Fsp3) is 0. The van der Waals surface area contributed by atoms with Crippen LogP contribution in [0, 0.1) is 4.77 Å². The average molecular weight is 362 g/mol. The molecule has 6 heteroatoms. The minimum atomic E-state index is 0.696. The van der Waals surface area contributed by atoms with Crippen molar-refractivity contribution >= 4 is 60.7 Å². The number of nitrogens with one attached hydrogen (secondary N) is 1. The first kappa shape index (κ1) is 12.3. The Balaban J connectivity index is 2.05. The maximum atomic E-state index is 5.46. The lowest BCUT2D eigenvalue weighted by molar-refractivity contribution is 1.07. The number of benzene rings is 2. The first-order valence-electron chi connectivity index (χ1n) is 5.96. The van der Waals surface area contributed by atoms with Crippen molar-refractivity contribution in [3.63, 3.8) is 0 Å². The summed E-state index contributed by atoms with van der Waals surface area (Å²) in [4.78, 5) is 7.55. The molecular formula is C14H8BrN3S2. The lowest BCUT2D eigenvalue weighted by Gasteiger charge is -2.04. The predicted octanol–water partition coefficient (Wildman–Crippen LogP) is 5.06. The maximum Gasteiger partial charge on any atom is 0.182 e. The first-order valence-corrected chi connectivity index (χ1v) is 8.04. The molecule has 0 bridgehead atoms.